The number of anilines is 1. The van der Waals surface area contributed by atoms with Gasteiger partial charge >= 0.3 is 0 Å². The highest BCUT2D eigenvalue weighted by Gasteiger charge is 2.27. The van der Waals surface area contributed by atoms with Crippen LogP contribution in [0.25, 0.3) is 0 Å². The first-order valence-corrected chi connectivity index (χ1v) is 14.8. The minimum atomic E-state index is -3.55. The largest absolute Gasteiger partial charge is 0.494 e. The summed E-state index contributed by atoms with van der Waals surface area (Å²) in [4.78, 5) is 27.8. The van der Waals surface area contributed by atoms with Crippen molar-refractivity contribution in [1.29, 1.82) is 0 Å². The standard InChI is InChI=1S/C28H41N3O5S/c1-6-8-19-29-28(33)23(4)30(21-24-13-10-9-12-22(24)3)27(32)14-11-20-31(37(5,34)35)25-15-17-26(18-16-25)36-7-2/h9-10,12-13,15-18,23H,6-8,11,14,19-21H2,1-5H3,(H,29,33). The van der Waals surface area contributed by atoms with Crippen LogP contribution in [0, 0.1) is 6.92 Å². The second kappa shape index (κ2) is 14.6. The first-order chi connectivity index (χ1) is 17.6. The molecule has 2 rings (SSSR count). The summed E-state index contributed by atoms with van der Waals surface area (Å²) in [5.41, 5.74) is 2.52. The summed E-state index contributed by atoms with van der Waals surface area (Å²) in [5.74, 6) is 0.275. The van der Waals surface area contributed by atoms with Crippen LogP contribution < -0.4 is 14.4 Å². The molecule has 0 aliphatic rings. The Hall–Kier alpha value is -3.07. The van der Waals surface area contributed by atoms with Gasteiger partial charge in [0.25, 0.3) is 0 Å². The SMILES string of the molecule is CCCCNC(=O)C(C)N(Cc1ccccc1C)C(=O)CCCN(c1ccc(OCC)cc1)S(C)(=O)=O. The van der Waals surface area contributed by atoms with E-state index in [0.717, 1.165) is 30.2 Å². The summed E-state index contributed by atoms with van der Waals surface area (Å²) in [7, 11) is -3.55. The van der Waals surface area contributed by atoms with Crippen LogP contribution >= 0.6 is 0 Å². The molecule has 2 aromatic rings. The molecule has 2 aromatic carbocycles. The van der Waals surface area contributed by atoms with Crippen molar-refractivity contribution in [3.8, 4) is 5.75 Å². The minimum absolute atomic E-state index is 0.113. The van der Waals surface area contributed by atoms with E-state index in [4.69, 9.17) is 4.74 Å². The summed E-state index contributed by atoms with van der Waals surface area (Å²) in [6, 6.07) is 14.0. The van der Waals surface area contributed by atoms with Crippen LogP contribution in [-0.2, 0) is 26.2 Å². The number of amides is 2. The zero-order chi connectivity index (χ0) is 27.4. The van der Waals surface area contributed by atoms with Gasteiger partial charge in [0.05, 0.1) is 18.6 Å². The first kappa shape index (κ1) is 30.2. The molecule has 0 fully saturated rings. The van der Waals surface area contributed by atoms with E-state index in [1.54, 1.807) is 36.1 Å². The molecule has 0 aromatic heterocycles. The molecule has 37 heavy (non-hydrogen) atoms. The van der Waals surface area contributed by atoms with E-state index < -0.39 is 16.1 Å². The number of carbonyl (C=O) groups excluding carboxylic acids is 2. The molecule has 0 spiro atoms. The van der Waals surface area contributed by atoms with Crippen molar-refractivity contribution >= 4 is 27.5 Å². The maximum absolute atomic E-state index is 13.4. The molecule has 204 valence electrons. The number of unbranched alkanes of at least 4 members (excludes halogenated alkanes) is 1. The number of nitrogens with one attached hydrogen (secondary N) is 1. The zero-order valence-corrected chi connectivity index (χ0v) is 23.5. The van der Waals surface area contributed by atoms with Crippen molar-refractivity contribution < 1.29 is 22.7 Å². The summed E-state index contributed by atoms with van der Waals surface area (Å²) >= 11 is 0. The van der Waals surface area contributed by atoms with Gasteiger partial charge < -0.3 is 15.0 Å². The number of carbonyl (C=O) groups is 2. The van der Waals surface area contributed by atoms with E-state index in [1.165, 1.54) is 4.31 Å². The summed E-state index contributed by atoms with van der Waals surface area (Å²) in [6.45, 7) is 9.19. The van der Waals surface area contributed by atoms with Crippen LogP contribution in [0.1, 0.15) is 57.6 Å². The smallest absolute Gasteiger partial charge is 0.242 e. The van der Waals surface area contributed by atoms with Crippen LogP contribution in [0.15, 0.2) is 48.5 Å². The molecule has 1 unspecified atom stereocenters. The molecule has 1 N–H and O–H groups in total. The lowest BCUT2D eigenvalue weighted by Crippen LogP contribution is -2.48. The summed E-state index contributed by atoms with van der Waals surface area (Å²) in [5, 5.41) is 2.92. The van der Waals surface area contributed by atoms with Crippen molar-refractivity contribution in [1.82, 2.24) is 10.2 Å². The van der Waals surface area contributed by atoms with Gasteiger partial charge in [-0.05, 0) is 69.0 Å². The van der Waals surface area contributed by atoms with Gasteiger partial charge in [-0.1, -0.05) is 37.6 Å². The van der Waals surface area contributed by atoms with Gasteiger partial charge in [-0.3, -0.25) is 13.9 Å². The Labute approximate surface area is 222 Å². The number of benzene rings is 2. The zero-order valence-electron chi connectivity index (χ0n) is 22.7. The third-order valence-corrected chi connectivity index (χ3v) is 7.38. The second-order valence-electron chi connectivity index (χ2n) is 9.13. The number of rotatable bonds is 15. The molecule has 9 heteroatoms. The second-order valence-corrected chi connectivity index (χ2v) is 11.0. The number of aryl methyl sites for hydroxylation is 1. The van der Waals surface area contributed by atoms with E-state index >= 15 is 0 Å². The maximum Gasteiger partial charge on any atom is 0.242 e. The Bertz CT molecular complexity index is 1120. The number of hydrogen-bond acceptors (Lipinski definition) is 5. The molecule has 1 atom stereocenters. The van der Waals surface area contributed by atoms with Crippen LogP contribution in [-0.4, -0.2) is 57.1 Å². The van der Waals surface area contributed by atoms with Gasteiger partial charge in [-0.25, -0.2) is 8.42 Å². The van der Waals surface area contributed by atoms with Gasteiger partial charge in [0, 0.05) is 26.1 Å². The van der Waals surface area contributed by atoms with Crippen molar-refractivity contribution in [2.24, 2.45) is 0 Å². The molecular formula is C28H41N3O5S. The molecule has 0 aliphatic heterocycles. The van der Waals surface area contributed by atoms with Crippen molar-refractivity contribution in [2.45, 2.75) is 66.0 Å². The first-order valence-electron chi connectivity index (χ1n) is 12.9. The molecule has 0 radical (unpaired) electrons. The molecule has 0 aliphatic carbocycles. The van der Waals surface area contributed by atoms with E-state index in [9.17, 15) is 18.0 Å². The lowest BCUT2D eigenvalue weighted by molar-refractivity contribution is -0.140. The van der Waals surface area contributed by atoms with E-state index in [2.05, 4.69) is 12.2 Å². The number of hydrogen-bond donors (Lipinski definition) is 1. The van der Waals surface area contributed by atoms with Crippen molar-refractivity contribution in [3.63, 3.8) is 0 Å². The Kier molecular flexibility index (Phi) is 11.9. The van der Waals surface area contributed by atoms with Crippen molar-refractivity contribution in [3.05, 3.63) is 59.7 Å². The highest BCUT2D eigenvalue weighted by molar-refractivity contribution is 7.92. The summed E-state index contributed by atoms with van der Waals surface area (Å²) < 4.78 is 31.7. The van der Waals surface area contributed by atoms with Crippen LogP contribution in [0.3, 0.4) is 0 Å². The average Bonchev–Trinajstić information content (AvgIpc) is 2.86. The van der Waals surface area contributed by atoms with E-state index in [1.807, 2.05) is 38.1 Å². The fourth-order valence-electron chi connectivity index (χ4n) is 3.97. The third-order valence-electron chi connectivity index (χ3n) is 6.19. The lowest BCUT2D eigenvalue weighted by atomic mass is 10.1. The van der Waals surface area contributed by atoms with Gasteiger partial charge in [0.2, 0.25) is 21.8 Å². The van der Waals surface area contributed by atoms with Gasteiger partial charge in [0.1, 0.15) is 11.8 Å². The quantitative estimate of drug-likeness (QED) is 0.346. The number of sulfonamides is 1. The minimum Gasteiger partial charge on any atom is -0.494 e. The molecular weight excluding hydrogens is 490 g/mol. The molecule has 0 saturated heterocycles. The van der Waals surface area contributed by atoms with Gasteiger partial charge in [0.15, 0.2) is 0 Å². The van der Waals surface area contributed by atoms with Crippen LogP contribution in [0.5, 0.6) is 5.75 Å². The van der Waals surface area contributed by atoms with E-state index in [0.29, 0.717) is 37.6 Å². The monoisotopic (exact) mass is 531 g/mol. The molecule has 0 bridgehead atoms. The van der Waals surface area contributed by atoms with Crippen LogP contribution in [0.2, 0.25) is 0 Å². The Morgan fingerprint density at radius 2 is 1.70 bits per heavy atom. The molecule has 0 heterocycles. The highest BCUT2D eigenvalue weighted by Crippen LogP contribution is 2.23. The maximum atomic E-state index is 13.4. The van der Waals surface area contributed by atoms with Gasteiger partial charge in [-0.2, -0.15) is 0 Å². The molecule has 2 amide bonds. The Morgan fingerprint density at radius 3 is 2.30 bits per heavy atom. The molecule has 0 saturated carbocycles. The van der Waals surface area contributed by atoms with E-state index in [-0.39, 0.29) is 24.8 Å². The van der Waals surface area contributed by atoms with Crippen molar-refractivity contribution in [2.75, 3.05) is 30.3 Å². The topological polar surface area (TPSA) is 96.0 Å². The third kappa shape index (κ3) is 9.39. The van der Waals surface area contributed by atoms with Gasteiger partial charge in [-0.15, -0.1) is 0 Å². The normalized spacial score (nSPS) is 12.0. The fourth-order valence-corrected chi connectivity index (χ4v) is 4.93. The Morgan fingerprint density at radius 1 is 1.03 bits per heavy atom. The predicted octanol–water partition coefficient (Wildman–Crippen LogP) is 4.27. The average molecular weight is 532 g/mol. The molecule has 8 nitrogen and oxygen atoms in total. The fraction of sp³-hybridized carbons (Fsp3) is 0.500. The highest BCUT2D eigenvalue weighted by atomic mass is 32.2. The number of nitrogens with zero attached hydrogens (tertiary/aromatic N) is 2. The lowest BCUT2D eigenvalue weighted by Gasteiger charge is -2.30. The summed E-state index contributed by atoms with van der Waals surface area (Å²) in [6.07, 6.45) is 3.41. The number of ether oxygens (including phenoxy) is 1. The predicted molar refractivity (Wildman–Crippen MR) is 148 cm³/mol. The van der Waals surface area contributed by atoms with Crippen LogP contribution in [0.4, 0.5) is 5.69 Å². The Balaban J connectivity index is 2.14.